The van der Waals surface area contributed by atoms with Crippen molar-refractivity contribution in [2.75, 3.05) is 0 Å². The Morgan fingerprint density at radius 2 is 1.45 bits per heavy atom. The van der Waals surface area contributed by atoms with E-state index in [0.717, 1.165) is 29.0 Å². The smallest absolute Gasteiger partial charge is 1.00 e. The van der Waals surface area contributed by atoms with E-state index in [9.17, 15) is 12.9 Å². The zero-order chi connectivity index (χ0) is 15.1. The SMILES string of the molecule is F[B-](F)(F)c1ccc([Se]CCCCc2ccccc2)cc1.[K+]. The third-order valence-corrected chi connectivity index (χ3v) is 5.53. The number of unbranched alkanes of at least 4 members (excludes halogenated alkanes) is 1. The Balaban J connectivity index is 0.00000242. The van der Waals surface area contributed by atoms with Crippen LogP contribution in [0.4, 0.5) is 12.9 Å². The molecule has 6 heteroatoms. The van der Waals surface area contributed by atoms with Gasteiger partial charge in [0.2, 0.25) is 0 Å². The number of hydrogen-bond acceptors (Lipinski definition) is 0. The first-order chi connectivity index (χ1) is 10.1. The van der Waals surface area contributed by atoms with Gasteiger partial charge in [0, 0.05) is 0 Å². The fourth-order valence-corrected chi connectivity index (χ4v) is 3.96. The van der Waals surface area contributed by atoms with Gasteiger partial charge in [-0.15, -0.1) is 0 Å². The molecule has 0 unspecified atom stereocenters. The number of hydrogen-bond donors (Lipinski definition) is 0. The Kier molecular flexibility index (Phi) is 9.64. The van der Waals surface area contributed by atoms with Crippen LogP contribution in [0.3, 0.4) is 0 Å². The van der Waals surface area contributed by atoms with Crippen LogP contribution in [0.5, 0.6) is 0 Å². The van der Waals surface area contributed by atoms with Gasteiger partial charge in [-0.3, -0.25) is 0 Å². The second-order valence-corrected chi connectivity index (χ2v) is 7.39. The molecule has 0 saturated heterocycles. The Hall–Kier alpha value is 0.451. The van der Waals surface area contributed by atoms with Gasteiger partial charge in [0.25, 0.3) is 0 Å². The van der Waals surface area contributed by atoms with E-state index in [1.807, 2.05) is 18.2 Å². The second-order valence-electron chi connectivity index (χ2n) is 4.93. The van der Waals surface area contributed by atoms with E-state index in [0.29, 0.717) is 0 Å². The summed E-state index contributed by atoms with van der Waals surface area (Å²) in [6, 6.07) is 16.0. The molecule has 0 nitrogen and oxygen atoms in total. The molecule has 0 radical (unpaired) electrons. The molecule has 0 aliphatic carbocycles. The third kappa shape index (κ3) is 7.35. The molecule has 2 aromatic carbocycles. The number of halogens is 3. The van der Waals surface area contributed by atoms with Gasteiger partial charge in [0.05, 0.1) is 0 Å². The van der Waals surface area contributed by atoms with Crippen LogP contribution in [0.1, 0.15) is 18.4 Å². The molecule has 0 N–H and O–H groups in total. The molecule has 0 atom stereocenters. The molecule has 22 heavy (non-hydrogen) atoms. The van der Waals surface area contributed by atoms with Gasteiger partial charge >= 0.3 is 181 Å². The van der Waals surface area contributed by atoms with Crippen molar-refractivity contribution >= 4 is 31.9 Å². The van der Waals surface area contributed by atoms with Crippen LogP contribution in [0.2, 0.25) is 5.32 Å². The zero-order valence-corrected chi connectivity index (χ0v) is 17.5. The van der Waals surface area contributed by atoms with E-state index < -0.39 is 12.4 Å². The Labute approximate surface area is 178 Å². The van der Waals surface area contributed by atoms with Gasteiger partial charge in [-0.25, -0.2) is 0 Å². The van der Waals surface area contributed by atoms with Crippen molar-refractivity contribution in [3.8, 4) is 0 Å². The number of aryl methyl sites for hydroxylation is 1. The molecule has 0 spiro atoms. The molecule has 0 amide bonds. The summed E-state index contributed by atoms with van der Waals surface area (Å²) in [4.78, 5) is 0. The van der Waals surface area contributed by atoms with Crippen molar-refractivity contribution in [1.82, 2.24) is 0 Å². The minimum Gasteiger partial charge on any atom is 1.00 e. The Morgan fingerprint density at radius 1 is 0.818 bits per heavy atom. The molecule has 0 heterocycles. The summed E-state index contributed by atoms with van der Waals surface area (Å²) in [5.74, 6) is 0. The zero-order valence-electron chi connectivity index (χ0n) is 12.6. The van der Waals surface area contributed by atoms with E-state index in [-0.39, 0.29) is 66.3 Å². The van der Waals surface area contributed by atoms with Gasteiger partial charge in [-0.2, -0.15) is 0 Å². The summed E-state index contributed by atoms with van der Waals surface area (Å²) in [6.07, 6.45) is 3.34. The largest absolute Gasteiger partial charge is 1.00 e. The van der Waals surface area contributed by atoms with Crippen molar-refractivity contribution in [3.05, 3.63) is 60.2 Å². The van der Waals surface area contributed by atoms with E-state index in [4.69, 9.17) is 0 Å². The first-order valence-electron chi connectivity index (χ1n) is 7.02. The Bertz CT molecular complexity index is 544. The predicted molar refractivity (Wildman–Crippen MR) is 84.7 cm³/mol. The molecule has 0 bridgehead atoms. The van der Waals surface area contributed by atoms with Crippen LogP contribution in [0, 0.1) is 0 Å². The van der Waals surface area contributed by atoms with Crippen LogP contribution in [0.15, 0.2) is 54.6 Å². The average molecular weight is 395 g/mol. The first kappa shape index (κ1) is 20.5. The summed E-state index contributed by atoms with van der Waals surface area (Å²) >= 11 is 0.272. The van der Waals surface area contributed by atoms with Crippen molar-refractivity contribution < 1.29 is 64.3 Å². The Morgan fingerprint density at radius 3 is 2.05 bits per heavy atom. The van der Waals surface area contributed by atoms with Gasteiger partial charge in [-0.05, 0) is 0 Å². The van der Waals surface area contributed by atoms with Gasteiger partial charge in [0.15, 0.2) is 0 Å². The molecule has 0 aromatic heterocycles. The topological polar surface area (TPSA) is 0 Å². The minimum atomic E-state index is -4.86. The van der Waals surface area contributed by atoms with Crippen LogP contribution >= 0.6 is 0 Å². The summed E-state index contributed by atoms with van der Waals surface area (Å²) in [6.45, 7) is -4.86. The summed E-state index contributed by atoms with van der Waals surface area (Å²) < 4.78 is 38.5. The van der Waals surface area contributed by atoms with E-state index in [1.54, 1.807) is 12.1 Å². The van der Waals surface area contributed by atoms with Crippen LogP contribution in [-0.2, 0) is 6.42 Å². The second kappa shape index (κ2) is 10.3. The third-order valence-electron chi connectivity index (χ3n) is 3.23. The molecular weight excluding hydrogens is 378 g/mol. The molecule has 2 rings (SSSR count). The summed E-state index contributed by atoms with van der Waals surface area (Å²) in [7, 11) is 0. The van der Waals surface area contributed by atoms with Gasteiger partial charge in [0.1, 0.15) is 0 Å². The van der Waals surface area contributed by atoms with Crippen LogP contribution in [-0.4, -0.2) is 21.9 Å². The van der Waals surface area contributed by atoms with Gasteiger partial charge in [-0.1, -0.05) is 0 Å². The monoisotopic (exact) mass is 396 g/mol. The average Bonchev–Trinajstić information content (AvgIpc) is 2.47. The fraction of sp³-hybridized carbons (Fsp3) is 0.250. The van der Waals surface area contributed by atoms with Crippen molar-refractivity contribution in [2.24, 2.45) is 0 Å². The van der Waals surface area contributed by atoms with Gasteiger partial charge < -0.3 is 0 Å². The summed E-state index contributed by atoms with van der Waals surface area (Å²) in [5, 5.41) is 1.08. The van der Waals surface area contributed by atoms with Crippen LogP contribution < -0.4 is 61.3 Å². The normalized spacial score (nSPS) is 11.0. The van der Waals surface area contributed by atoms with E-state index >= 15 is 0 Å². The van der Waals surface area contributed by atoms with Crippen molar-refractivity contribution in [1.29, 1.82) is 0 Å². The quantitative estimate of drug-likeness (QED) is 0.474. The van der Waals surface area contributed by atoms with E-state index in [2.05, 4.69) is 12.1 Å². The number of benzene rings is 2. The number of rotatable bonds is 7. The molecule has 0 aliphatic heterocycles. The van der Waals surface area contributed by atoms with Crippen LogP contribution in [0.25, 0.3) is 0 Å². The maximum absolute atomic E-state index is 12.5. The molecule has 0 aliphatic rings. The standard InChI is InChI=1S/C16H17BF3Se.K/c18-17(19,20)15-9-11-16(12-10-15)21-13-5-4-8-14-6-2-1-3-7-14;/h1-3,6-7,9-12H,4-5,8,13H2;/q-1;+1. The maximum Gasteiger partial charge on any atom is 1.00 e. The van der Waals surface area contributed by atoms with Crippen molar-refractivity contribution in [3.63, 3.8) is 0 Å². The summed E-state index contributed by atoms with van der Waals surface area (Å²) in [5.41, 5.74) is 0.848. The minimum absolute atomic E-state index is 0. The fourth-order valence-electron chi connectivity index (χ4n) is 2.05. The molecule has 0 saturated carbocycles. The van der Waals surface area contributed by atoms with Crippen molar-refractivity contribution in [2.45, 2.75) is 24.6 Å². The van der Waals surface area contributed by atoms with E-state index in [1.165, 1.54) is 17.7 Å². The predicted octanol–water partition coefficient (Wildman–Crippen LogP) is 0.516. The molecule has 0 fully saturated rings. The first-order valence-corrected chi connectivity index (χ1v) is 9.09. The molecule has 112 valence electrons. The molecular formula is C16H17BF3KSe. The maximum atomic E-state index is 12.5. The molecule has 2 aromatic rings.